The van der Waals surface area contributed by atoms with Crippen molar-refractivity contribution in [2.45, 2.75) is 19.4 Å². The molecule has 2 nitrogen and oxygen atoms in total. The second-order valence-electron chi connectivity index (χ2n) is 4.75. The van der Waals surface area contributed by atoms with E-state index in [1.807, 2.05) is 0 Å². The fourth-order valence-corrected chi connectivity index (χ4v) is 1.98. The zero-order valence-electron chi connectivity index (χ0n) is 7.81. The van der Waals surface area contributed by atoms with Crippen LogP contribution in [0.3, 0.4) is 0 Å². The lowest BCUT2D eigenvalue weighted by molar-refractivity contribution is -0.883. The second kappa shape index (κ2) is 1.95. The molecule has 0 N–H and O–H groups in total. The van der Waals surface area contributed by atoms with Gasteiger partial charge in [0, 0.05) is 0 Å². The monoisotopic (exact) mass is 143 g/mol. The van der Waals surface area contributed by atoms with Gasteiger partial charge in [0.25, 0.3) is 0 Å². The molecule has 0 saturated carbocycles. The van der Waals surface area contributed by atoms with Crippen molar-refractivity contribution >= 4 is 0 Å². The number of likely N-dealkylation sites (N-methyl/N-ethyl adjacent to an activating group) is 2. The molecule has 0 radical (unpaired) electrons. The van der Waals surface area contributed by atoms with E-state index in [0.717, 1.165) is 4.48 Å². The number of hydrogen-bond acceptors (Lipinski definition) is 1. The van der Waals surface area contributed by atoms with Crippen molar-refractivity contribution in [1.29, 1.82) is 0 Å². The van der Waals surface area contributed by atoms with Crippen LogP contribution in [0.5, 0.6) is 0 Å². The highest BCUT2D eigenvalue weighted by molar-refractivity contribution is 4.81. The van der Waals surface area contributed by atoms with Crippen LogP contribution in [0.15, 0.2) is 0 Å². The van der Waals surface area contributed by atoms with Crippen LogP contribution in [0.25, 0.3) is 0 Å². The summed E-state index contributed by atoms with van der Waals surface area (Å²) in [5.41, 5.74) is 0.392. The Bertz CT molecular complexity index is 138. The summed E-state index contributed by atoms with van der Waals surface area (Å²) < 4.78 is 1.13. The molecular formula is C8H19N2+. The maximum Gasteiger partial charge on any atom is 0.135 e. The summed E-state index contributed by atoms with van der Waals surface area (Å²) in [5, 5.41) is 0. The molecule has 0 spiro atoms. The minimum Gasteiger partial charge on any atom is -0.314 e. The van der Waals surface area contributed by atoms with Crippen LogP contribution < -0.4 is 0 Å². The van der Waals surface area contributed by atoms with Gasteiger partial charge < -0.3 is 4.48 Å². The van der Waals surface area contributed by atoms with Crippen LogP contribution in [-0.2, 0) is 0 Å². The summed E-state index contributed by atoms with van der Waals surface area (Å²) >= 11 is 0. The Morgan fingerprint density at radius 2 is 1.80 bits per heavy atom. The van der Waals surface area contributed by atoms with Crippen molar-refractivity contribution in [3.05, 3.63) is 0 Å². The Morgan fingerprint density at radius 3 is 1.90 bits per heavy atom. The van der Waals surface area contributed by atoms with E-state index in [9.17, 15) is 0 Å². The molecule has 1 aliphatic rings. The highest BCUT2D eigenvalue weighted by atomic mass is 15.5. The summed E-state index contributed by atoms with van der Waals surface area (Å²) in [5.74, 6) is 0. The van der Waals surface area contributed by atoms with Gasteiger partial charge in [-0.3, -0.25) is 0 Å². The highest BCUT2D eigenvalue weighted by Crippen LogP contribution is 2.24. The van der Waals surface area contributed by atoms with Gasteiger partial charge in [-0.2, -0.15) is 0 Å². The molecule has 1 heterocycles. The van der Waals surface area contributed by atoms with E-state index in [-0.39, 0.29) is 0 Å². The van der Waals surface area contributed by atoms with Gasteiger partial charge in [-0.25, -0.2) is 4.90 Å². The van der Waals surface area contributed by atoms with Gasteiger partial charge in [-0.15, -0.1) is 0 Å². The fourth-order valence-electron chi connectivity index (χ4n) is 1.98. The van der Waals surface area contributed by atoms with Crippen LogP contribution in [0.2, 0.25) is 0 Å². The maximum absolute atomic E-state index is 2.42. The molecule has 1 aliphatic heterocycles. The first kappa shape index (κ1) is 8.02. The van der Waals surface area contributed by atoms with Gasteiger partial charge in [0.15, 0.2) is 0 Å². The maximum atomic E-state index is 2.42. The van der Waals surface area contributed by atoms with Gasteiger partial charge in [-0.05, 0) is 20.9 Å². The minimum absolute atomic E-state index is 0.392. The molecule has 60 valence electrons. The highest BCUT2D eigenvalue weighted by Gasteiger charge is 2.41. The predicted octanol–water partition coefficient (Wildman–Crippen LogP) is 0.744. The molecule has 1 fully saturated rings. The molecule has 0 aromatic rings. The van der Waals surface area contributed by atoms with Crippen molar-refractivity contribution < 1.29 is 4.48 Å². The fraction of sp³-hybridized carbons (Fsp3) is 1.00. The van der Waals surface area contributed by atoms with E-state index in [4.69, 9.17) is 0 Å². The minimum atomic E-state index is 0.392. The third-order valence-electron chi connectivity index (χ3n) is 2.44. The summed E-state index contributed by atoms with van der Waals surface area (Å²) in [7, 11) is 6.77. The zero-order chi connectivity index (χ0) is 7.99. The largest absolute Gasteiger partial charge is 0.314 e. The first-order chi connectivity index (χ1) is 4.33. The van der Waals surface area contributed by atoms with E-state index >= 15 is 0 Å². The third-order valence-corrected chi connectivity index (χ3v) is 2.44. The molecule has 1 rings (SSSR count). The number of rotatable bonds is 0. The van der Waals surface area contributed by atoms with E-state index in [2.05, 4.69) is 39.9 Å². The van der Waals surface area contributed by atoms with E-state index < -0.39 is 0 Å². The van der Waals surface area contributed by atoms with E-state index in [1.54, 1.807) is 0 Å². The quantitative estimate of drug-likeness (QED) is 0.452. The van der Waals surface area contributed by atoms with Crippen molar-refractivity contribution in [2.75, 3.05) is 34.4 Å². The lowest BCUT2D eigenvalue weighted by atomic mass is 10.1. The smallest absolute Gasteiger partial charge is 0.135 e. The van der Waals surface area contributed by atoms with Crippen molar-refractivity contribution in [3.8, 4) is 0 Å². The van der Waals surface area contributed by atoms with Gasteiger partial charge in [0.05, 0.1) is 26.2 Å². The summed E-state index contributed by atoms with van der Waals surface area (Å²) in [6.45, 7) is 7.04. The Kier molecular flexibility index (Phi) is 1.57. The van der Waals surface area contributed by atoms with E-state index in [0.29, 0.717) is 5.54 Å². The Balaban J connectivity index is 2.71. The Morgan fingerprint density at radius 1 is 1.30 bits per heavy atom. The molecule has 10 heavy (non-hydrogen) atoms. The molecule has 0 bridgehead atoms. The van der Waals surface area contributed by atoms with Gasteiger partial charge in [0.2, 0.25) is 0 Å². The standard InChI is InChI=1S/C8H19N2/c1-8(2)6-10(4,5)7-9(8)3/h6-7H2,1-5H3/q+1. The second-order valence-corrected chi connectivity index (χ2v) is 4.75. The Hall–Kier alpha value is -0.0800. The molecule has 0 unspecified atom stereocenters. The molecular weight excluding hydrogens is 124 g/mol. The topological polar surface area (TPSA) is 3.24 Å². The molecule has 0 aromatic carbocycles. The van der Waals surface area contributed by atoms with Gasteiger partial charge in [-0.1, -0.05) is 0 Å². The Labute approximate surface area is 64.0 Å². The lowest BCUT2D eigenvalue weighted by Crippen LogP contribution is -2.39. The average molecular weight is 143 g/mol. The van der Waals surface area contributed by atoms with Crippen LogP contribution in [0.1, 0.15) is 13.8 Å². The molecule has 0 aliphatic carbocycles. The molecule has 0 atom stereocenters. The lowest BCUT2D eigenvalue weighted by Gasteiger charge is -2.23. The van der Waals surface area contributed by atoms with E-state index in [1.165, 1.54) is 13.2 Å². The van der Waals surface area contributed by atoms with Crippen LogP contribution in [0.4, 0.5) is 0 Å². The van der Waals surface area contributed by atoms with Crippen LogP contribution in [-0.4, -0.2) is 49.3 Å². The van der Waals surface area contributed by atoms with Gasteiger partial charge >= 0.3 is 0 Å². The van der Waals surface area contributed by atoms with Crippen molar-refractivity contribution in [3.63, 3.8) is 0 Å². The number of quaternary nitrogens is 1. The third kappa shape index (κ3) is 1.32. The summed E-state index contributed by atoms with van der Waals surface area (Å²) in [6, 6.07) is 0. The molecule has 1 saturated heterocycles. The summed E-state index contributed by atoms with van der Waals surface area (Å²) in [4.78, 5) is 2.42. The average Bonchev–Trinajstić information content (AvgIpc) is 1.73. The zero-order valence-corrected chi connectivity index (χ0v) is 7.81. The van der Waals surface area contributed by atoms with Crippen molar-refractivity contribution in [1.82, 2.24) is 4.90 Å². The van der Waals surface area contributed by atoms with Gasteiger partial charge in [0.1, 0.15) is 6.67 Å². The summed E-state index contributed by atoms with van der Waals surface area (Å²) in [6.07, 6.45) is 0. The normalized spacial score (nSPS) is 30.9. The van der Waals surface area contributed by atoms with Crippen LogP contribution in [0, 0.1) is 0 Å². The molecule has 0 amide bonds. The predicted molar refractivity (Wildman–Crippen MR) is 43.7 cm³/mol. The first-order valence-electron chi connectivity index (χ1n) is 3.87. The molecule has 2 heteroatoms. The number of nitrogens with zero attached hydrogens (tertiary/aromatic N) is 2. The van der Waals surface area contributed by atoms with Crippen molar-refractivity contribution in [2.24, 2.45) is 0 Å². The van der Waals surface area contributed by atoms with Crippen LogP contribution >= 0.6 is 0 Å². The first-order valence-corrected chi connectivity index (χ1v) is 3.87. The number of hydrogen-bond donors (Lipinski definition) is 0. The SMILES string of the molecule is CN1C[N+](C)(C)CC1(C)C. The molecule has 0 aromatic heterocycles.